The van der Waals surface area contributed by atoms with Crippen LogP contribution in [0.1, 0.15) is 29.0 Å². The number of carbonyl (C=O) groups is 1. The summed E-state index contributed by atoms with van der Waals surface area (Å²) >= 11 is 0. The van der Waals surface area contributed by atoms with Gasteiger partial charge >= 0.3 is 0 Å². The molecule has 2 aromatic rings. The van der Waals surface area contributed by atoms with E-state index >= 15 is 0 Å². The zero-order valence-electron chi connectivity index (χ0n) is 14.7. The third-order valence-electron chi connectivity index (χ3n) is 5.12. The highest BCUT2D eigenvalue weighted by atomic mass is 16.3. The average molecular weight is 339 g/mol. The zero-order chi connectivity index (χ0) is 17.2. The van der Waals surface area contributed by atoms with Crippen LogP contribution in [0.5, 0.6) is 0 Å². The monoisotopic (exact) mass is 339 g/mol. The highest BCUT2D eigenvalue weighted by Crippen LogP contribution is 2.30. The molecule has 1 aromatic heterocycles. The molecule has 5 nitrogen and oxygen atoms in total. The van der Waals surface area contributed by atoms with E-state index < -0.39 is 0 Å². The topological polar surface area (TPSA) is 48.7 Å². The lowest BCUT2D eigenvalue weighted by Crippen LogP contribution is -2.47. The van der Waals surface area contributed by atoms with Crippen LogP contribution in [0.3, 0.4) is 0 Å². The number of carbonyl (C=O) groups excluding carboxylic acids is 1. The quantitative estimate of drug-likeness (QED) is 0.907. The predicted octanol–water partition coefficient (Wildman–Crippen LogP) is 3.37. The van der Waals surface area contributed by atoms with E-state index in [1.54, 1.807) is 12.3 Å². The normalized spacial score (nSPS) is 18.4. The second-order valence-corrected chi connectivity index (χ2v) is 7.17. The van der Waals surface area contributed by atoms with Gasteiger partial charge in [-0.25, -0.2) is 0 Å². The molecule has 1 saturated heterocycles. The lowest BCUT2D eigenvalue weighted by molar-refractivity contribution is 0.0996. The van der Waals surface area contributed by atoms with Gasteiger partial charge in [-0.1, -0.05) is 6.07 Å². The van der Waals surface area contributed by atoms with Crippen LogP contribution in [0.15, 0.2) is 41.0 Å². The Bertz CT molecular complexity index is 743. The number of hydrogen-bond acceptors (Lipinski definition) is 4. The lowest BCUT2D eigenvalue weighted by atomic mass is 10.2. The molecule has 0 atom stereocenters. The summed E-state index contributed by atoms with van der Waals surface area (Å²) in [6.45, 7) is 7.47. The molecule has 0 spiro atoms. The Morgan fingerprint density at radius 2 is 2.00 bits per heavy atom. The van der Waals surface area contributed by atoms with Crippen molar-refractivity contribution in [3.05, 3.63) is 47.9 Å². The van der Waals surface area contributed by atoms with Gasteiger partial charge in [-0.05, 0) is 49.9 Å². The minimum Gasteiger partial charge on any atom is -0.459 e. The number of benzene rings is 1. The number of aryl methyl sites for hydroxylation is 1. The number of nitrogens with zero attached hydrogens (tertiary/aromatic N) is 2. The number of hydrogen-bond donors (Lipinski definition) is 1. The van der Waals surface area contributed by atoms with Crippen molar-refractivity contribution in [2.24, 2.45) is 5.92 Å². The molecule has 4 rings (SSSR count). The van der Waals surface area contributed by atoms with Crippen molar-refractivity contribution >= 4 is 17.3 Å². The van der Waals surface area contributed by atoms with Crippen LogP contribution < -0.4 is 10.2 Å². The molecule has 1 aliphatic carbocycles. The first kappa shape index (κ1) is 16.2. The van der Waals surface area contributed by atoms with Crippen molar-refractivity contribution < 1.29 is 9.21 Å². The van der Waals surface area contributed by atoms with Gasteiger partial charge < -0.3 is 14.6 Å². The standard InChI is InChI=1S/C20H25N3O2/c1-15-7-12-25-19(15)20(24)21-17-3-2-4-18(13-17)23-10-8-22(9-11-23)14-16-5-6-16/h2-4,7,12-13,16H,5-6,8-11,14H2,1H3,(H,21,24). The fraction of sp³-hybridized carbons (Fsp3) is 0.450. The number of rotatable bonds is 5. The van der Waals surface area contributed by atoms with E-state index in [1.807, 2.05) is 25.1 Å². The van der Waals surface area contributed by atoms with Gasteiger partial charge in [0.25, 0.3) is 5.91 Å². The SMILES string of the molecule is Cc1ccoc1C(=O)Nc1cccc(N2CCN(CC3CC3)CC2)c1. The van der Waals surface area contributed by atoms with Crippen molar-refractivity contribution in [1.29, 1.82) is 0 Å². The van der Waals surface area contributed by atoms with Crippen LogP contribution in [-0.4, -0.2) is 43.5 Å². The van der Waals surface area contributed by atoms with E-state index in [0.717, 1.165) is 43.3 Å². The first-order chi connectivity index (χ1) is 12.2. The van der Waals surface area contributed by atoms with Crippen LogP contribution in [0.25, 0.3) is 0 Å². The molecule has 2 heterocycles. The molecule has 0 unspecified atom stereocenters. The first-order valence-corrected chi connectivity index (χ1v) is 9.12. The number of furan rings is 1. The Labute approximate surface area is 148 Å². The third-order valence-corrected chi connectivity index (χ3v) is 5.12. The Balaban J connectivity index is 1.38. The molecule has 0 radical (unpaired) electrons. The van der Waals surface area contributed by atoms with Crippen molar-refractivity contribution in [3.8, 4) is 0 Å². The molecule has 1 N–H and O–H groups in total. The lowest BCUT2D eigenvalue weighted by Gasteiger charge is -2.36. The van der Waals surface area contributed by atoms with Crippen molar-refractivity contribution in [2.75, 3.05) is 42.9 Å². The average Bonchev–Trinajstić information content (AvgIpc) is 3.33. The summed E-state index contributed by atoms with van der Waals surface area (Å²) in [6, 6.07) is 9.88. The van der Waals surface area contributed by atoms with Crippen LogP contribution in [-0.2, 0) is 0 Å². The van der Waals surface area contributed by atoms with Crippen LogP contribution in [0, 0.1) is 12.8 Å². The number of amides is 1. The maximum atomic E-state index is 12.3. The fourth-order valence-corrected chi connectivity index (χ4v) is 3.43. The van der Waals surface area contributed by atoms with Gasteiger partial charge in [-0.15, -0.1) is 0 Å². The summed E-state index contributed by atoms with van der Waals surface area (Å²) in [7, 11) is 0. The second kappa shape index (κ2) is 6.92. The molecule has 1 aliphatic heterocycles. The predicted molar refractivity (Wildman–Crippen MR) is 99.2 cm³/mol. The Kier molecular flexibility index (Phi) is 4.49. The number of nitrogens with one attached hydrogen (secondary N) is 1. The smallest absolute Gasteiger partial charge is 0.291 e. The van der Waals surface area contributed by atoms with E-state index in [2.05, 4.69) is 21.2 Å². The highest BCUT2D eigenvalue weighted by molar-refractivity contribution is 6.03. The largest absolute Gasteiger partial charge is 0.459 e. The molecule has 132 valence electrons. The molecule has 1 aromatic carbocycles. The van der Waals surface area contributed by atoms with Gasteiger partial charge in [0.15, 0.2) is 5.76 Å². The van der Waals surface area contributed by atoms with Gasteiger partial charge in [0, 0.05) is 49.7 Å². The molecule has 2 fully saturated rings. The summed E-state index contributed by atoms with van der Waals surface area (Å²) < 4.78 is 5.27. The van der Waals surface area contributed by atoms with Crippen LogP contribution in [0.4, 0.5) is 11.4 Å². The minimum atomic E-state index is -0.200. The Hall–Kier alpha value is -2.27. The molecular weight excluding hydrogens is 314 g/mol. The molecule has 1 saturated carbocycles. The summed E-state index contributed by atoms with van der Waals surface area (Å²) in [4.78, 5) is 17.3. The minimum absolute atomic E-state index is 0.200. The van der Waals surface area contributed by atoms with Gasteiger partial charge in [-0.2, -0.15) is 0 Å². The van der Waals surface area contributed by atoms with Gasteiger partial charge in [0.05, 0.1) is 6.26 Å². The second-order valence-electron chi connectivity index (χ2n) is 7.17. The van der Waals surface area contributed by atoms with E-state index in [-0.39, 0.29) is 5.91 Å². The van der Waals surface area contributed by atoms with Crippen LogP contribution >= 0.6 is 0 Å². The van der Waals surface area contributed by atoms with Gasteiger partial charge in [0.2, 0.25) is 0 Å². The van der Waals surface area contributed by atoms with Crippen molar-refractivity contribution in [1.82, 2.24) is 4.90 Å². The van der Waals surface area contributed by atoms with E-state index in [4.69, 9.17) is 4.42 Å². The van der Waals surface area contributed by atoms with E-state index in [0.29, 0.717) is 5.76 Å². The molecule has 0 bridgehead atoms. The van der Waals surface area contributed by atoms with Gasteiger partial charge in [0.1, 0.15) is 0 Å². The summed E-state index contributed by atoms with van der Waals surface area (Å²) in [5, 5.41) is 2.94. The highest BCUT2D eigenvalue weighted by Gasteiger charge is 2.26. The van der Waals surface area contributed by atoms with Crippen molar-refractivity contribution in [2.45, 2.75) is 19.8 Å². The fourth-order valence-electron chi connectivity index (χ4n) is 3.43. The molecule has 2 aliphatic rings. The van der Waals surface area contributed by atoms with Gasteiger partial charge in [-0.3, -0.25) is 9.69 Å². The molecule has 1 amide bonds. The molecule has 25 heavy (non-hydrogen) atoms. The first-order valence-electron chi connectivity index (χ1n) is 9.12. The number of piperazine rings is 1. The third kappa shape index (κ3) is 3.87. The molecule has 5 heteroatoms. The van der Waals surface area contributed by atoms with Crippen LogP contribution in [0.2, 0.25) is 0 Å². The molecular formula is C20H25N3O2. The zero-order valence-corrected chi connectivity index (χ0v) is 14.7. The van der Waals surface area contributed by atoms with E-state index in [1.165, 1.54) is 25.1 Å². The maximum absolute atomic E-state index is 12.3. The summed E-state index contributed by atoms with van der Waals surface area (Å²) in [5.74, 6) is 1.13. The Morgan fingerprint density at radius 1 is 1.20 bits per heavy atom. The maximum Gasteiger partial charge on any atom is 0.291 e. The summed E-state index contributed by atoms with van der Waals surface area (Å²) in [5.41, 5.74) is 2.82. The Morgan fingerprint density at radius 3 is 2.68 bits per heavy atom. The summed E-state index contributed by atoms with van der Waals surface area (Å²) in [6.07, 6.45) is 4.37. The number of anilines is 2. The van der Waals surface area contributed by atoms with E-state index in [9.17, 15) is 4.79 Å². The van der Waals surface area contributed by atoms with Crippen molar-refractivity contribution in [3.63, 3.8) is 0 Å².